The van der Waals surface area contributed by atoms with Crippen LogP contribution in [-0.2, 0) is 9.53 Å². The van der Waals surface area contributed by atoms with Crippen LogP contribution in [0.5, 0.6) is 0 Å². The van der Waals surface area contributed by atoms with Gasteiger partial charge in [0.2, 0.25) is 0 Å². The standard InChI is InChI=1S/C25H21N5O5/c1-29(14-13-25(32)35-17-24(31)18-5-3-2-4-6-18)21-9-7-20(8-10-21)27-28-23-12-11-22(30(33)34)15-19(23)16-26/h2-12,15H,13-14,17H2,1H3. The van der Waals surface area contributed by atoms with E-state index in [2.05, 4.69) is 10.2 Å². The van der Waals surface area contributed by atoms with E-state index in [-0.39, 0.29) is 35.7 Å². The van der Waals surface area contributed by atoms with Gasteiger partial charge in [-0.2, -0.15) is 10.4 Å². The van der Waals surface area contributed by atoms with E-state index in [4.69, 9.17) is 4.74 Å². The van der Waals surface area contributed by atoms with Crippen molar-refractivity contribution in [1.29, 1.82) is 5.26 Å². The van der Waals surface area contributed by atoms with Crippen LogP contribution < -0.4 is 4.90 Å². The lowest BCUT2D eigenvalue weighted by Crippen LogP contribution is -2.23. The molecule has 10 heteroatoms. The summed E-state index contributed by atoms with van der Waals surface area (Å²) in [7, 11) is 1.81. The SMILES string of the molecule is CN(CCC(=O)OCC(=O)c1ccccc1)c1ccc(N=Nc2ccc([N+](=O)[O-])cc2C#N)cc1. The van der Waals surface area contributed by atoms with E-state index in [9.17, 15) is 25.0 Å². The first-order chi connectivity index (χ1) is 16.9. The lowest BCUT2D eigenvalue weighted by atomic mass is 10.1. The van der Waals surface area contributed by atoms with Crippen molar-refractivity contribution in [3.63, 3.8) is 0 Å². The number of carbonyl (C=O) groups is 2. The number of ether oxygens (including phenoxy) is 1. The number of azo groups is 1. The van der Waals surface area contributed by atoms with E-state index >= 15 is 0 Å². The number of carbonyl (C=O) groups excluding carboxylic acids is 2. The summed E-state index contributed by atoms with van der Waals surface area (Å²) in [4.78, 5) is 36.1. The van der Waals surface area contributed by atoms with Crippen LogP contribution in [-0.4, -0.2) is 36.9 Å². The first-order valence-electron chi connectivity index (χ1n) is 10.5. The molecule has 3 aromatic rings. The van der Waals surface area contributed by atoms with Crippen LogP contribution in [0, 0.1) is 21.4 Å². The third kappa shape index (κ3) is 7.03. The maximum Gasteiger partial charge on any atom is 0.308 e. The normalized spacial score (nSPS) is 10.5. The minimum absolute atomic E-state index is 0.0525. The quantitative estimate of drug-likeness (QED) is 0.131. The fourth-order valence-electron chi connectivity index (χ4n) is 3.01. The zero-order valence-electron chi connectivity index (χ0n) is 18.8. The van der Waals surface area contributed by atoms with Crippen LogP contribution in [0.4, 0.5) is 22.7 Å². The van der Waals surface area contributed by atoms with Crippen molar-refractivity contribution < 1.29 is 19.2 Å². The van der Waals surface area contributed by atoms with Crippen molar-refractivity contribution in [3.05, 3.63) is 94.0 Å². The predicted octanol–water partition coefficient (Wildman–Crippen LogP) is 5.13. The first-order valence-corrected chi connectivity index (χ1v) is 10.5. The van der Waals surface area contributed by atoms with Crippen LogP contribution in [0.15, 0.2) is 83.0 Å². The third-order valence-electron chi connectivity index (χ3n) is 4.99. The topological polar surface area (TPSA) is 138 Å². The van der Waals surface area contributed by atoms with Crippen LogP contribution in [0.25, 0.3) is 0 Å². The third-order valence-corrected chi connectivity index (χ3v) is 4.99. The second-order valence-corrected chi connectivity index (χ2v) is 7.41. The largest absolute Gasteiger partial charge is 0.457 e. The minimum atomic E-state index is -0.582. The van der Waals surface area contributed by atoms with Gasteiger partial charge in [0.25, 0.3) is 5.69 Å². The number of rotatable bonds is 10. The molecule has 3 rings (SSSR count). The molecular formula is C25H21N5O5. The molecule has 0 saturated heterocycles. The molecule has 0 fully saturated rings. The number of nitro groups is 1. The molecular weight excluding hydrogens is 450 g/mol. The lowest BCUT2D eigenvalue weighted by molar-refractivity contribution is -0.384. The van der Waals surface area contributed by atoms with Gasteiger partial charge in [0.1, 0.15) is 11.8 Å². The van der Waals surface area contributed by atoms with Crippen molar-refractivity contribution in [2.24, 2.45) is 10.2 Å². The van der Waals surface area contributed by atoms with Gasteiger partial charge in [-0.1, -0.05) is 30.3 Å². The zero-order valence-corrected chi connectivity index (χ0v) is 18.8. The number of ketones is 1. The summed E-state index contributed by atoms with van der Waals surface area (Å²) in [6.45, 7) is 0.0854. The zero-order chi connectivity index (χ0) is 25.2. The Kier molecular flexibility index (Phi) is 8.34. The monoisotopic (exact) mass is 471 g/mol. The lowest BCUT2D eigenvalue weighted by Gasteiger charge is -2.18. The van der Waals surface area contributed by atoms with E-state index in [1.165, 1.54) is 12.1 Å². The number of non-ortho nitro benzene ring substituents is 1. The van der Waals surface area contributed by atoms with Gasteiger partial charge in [0, 0.05) is 37.0 Å². The van der Waals surface area contributed by atoms with Crippen LogP contribution >= 0.6 is 0 Å². The fraction of sp³-hybridized carbons (Fsp3) is 0.160. The van der Waals surface area contributed by atoms with Crippen molar-refractivity contribution in [2.75, 3.05) is 25.1 Å². The molecule has 0 bridgehead atoms. The van der Waals surface area contributed by atoms with Crippen molar-refractivity contribution in [1.82, 2.24) is 0 Å². The number of esters is 1. The number of hydrogen-bond acceptors (Lipinski definition) is 9. The van der Waals surface area contributed by atoms with Crippen molar-refractivity contribution in [3.8, 4) is 6.07 Å². The fourth-order valence-corrected chi connectivity index (χ4v) is 3.01. The molecule has 35 heavy (non-hydrogen) atoms. The molecule has 176 valence electrons. The van der Waals surface area contributed by atoms with E-state index in [1.54, 1.807) is 54.6 Å². The Morgan fingerprint density at radius 1 is 1.06 bits per heavy atom. The summed E-state index contributed by atoms with van der Waals surface area (Å²) in [5.41, 5.74) is 1.92. The van der Waals surface area contributed by atoms with Crippen LogP contribution in [0.2, 0.25) is 0 Å². The number of anilines is 1. The summed E-state index contributed by atoms with van der Waals surface area (Å²) in [6, 6.07) is 21.3. The summed E-state index contributed by atoms with van der Waals surface area (Å²) >= 11 is 0. The molecule has 0 spiro atoms. The number of nitro benzene ring substituents is 1. The highest BCUT2D eigenvalue weighted by Crippen LogP contribution is 2.26. The van der Waals surface area contributed by atoms with Gasteiger partial charge in [0.05, 0.1) is 22.6 Å². The Morgan fingerprint density at radius 2 is 1.77 bits per heavy atom. The summed E-state index contributed by atoms with van der Waals surface area (Å²) in [5, 5.41) is 28.1. The predicted molar refractivity (Wildman–Crippen MR) is 128 cm³/mol. The molecule has 0 heterocycles. The Bertz CT molecular complexity index is 1280. The van der Waals surface area contributed by atoms with Gasteiger partial charge < -0.3 is 9.64 Å². The van der Waals surface area contributed by atoms with Gasteiger partial charge in [-0.15, -0.1) is 5.11 Å². The first kappa shape index (κ1) is 24.7. The highest BCUT2D eigenvalue weighted by molar-refractivity contribution is 5.97. The van der Waals surface area contributed by atoms with Crippen LogP contribution in [0.3, 0.4) is 0 Å². The number of nitrogens with zero attached hydrogens (tertiary/aromatic N) is 5. The average Bonchev–Trinajstić information content (AvgIpc) is 2.89. The van der Waals surface area contributed by atoms with Gasteiger partial charge in [-0.05, 0) is 30.3 Å². The number of nitriles is 1. The second kappa shape index (κ2) is 11.8. The molecule has 0 amide bonds. The van der Waals surface area contributed by atoms with Crippen molar-refractivity contribution in [2.45, 2.75) is 6.42 Å². The molecule has 0 atom stereocenters. The molecule has 0 aliphatic rings. The van der Waals surface area contributed by atoms with Gasteiger partial charge >= 0.3 is 5.97 Å². The van der Waals surface area contributed by atoms with Crippen molar-refractivity contribution >= 4 is 34.5 Å². The van der Waals surface area contributed by atoms with E-state index < -0.39 is 10.9 Å². The van der Waals surface area contributed by atoms with E-state index in [1.807, 2.05) is 18.0 Å². The maximum atomic E-state index is 12.0. The van der Waals surface area contributed by atoms with Crippen LogP contribution in [0.1, 0.15) is 22.3 Å². The Hall–Kier alpha value is -4.91. The van der Waals surface area contributed by atoms with Gasteiger partial charge in [0.15, 0.2) is 12.4 Å². The highest BCUT2D eigenvalue weighted by Gasteiger charge is 2.12. The smallest absolute Gasteiger partial charge is 0.308 e. The number of benzene rings is 3. The molecule has 0 aliphatic carbocycles. The van der Waals surface area contributed by atoms with E-state index in [0.717, 1.165) is 11.8 Å². The molecule has 0 aromatic heterocycles. The molecule has 0 saturated carbocycles. The minimum Gasteiger partial charge on any atom is -0.457 e. The Morgan fingerprint density at radius 3 is 2.43 bits per heavy atom. The summed E-state index contributed by atoms with van der Waals surface area (Å²) in [6.07, 6.45) is 0.108. The maximum absolute atomic E-state index is 12.0. The Labute approximate surface area is 201 Å². The summed E-state index contributed by atoms with van der Waals surface area (Å²) in [5.74, 6) is -0.726. The Balaban J connectivity index is 1.51. The molecule has 0 N–H and O–H groups in total. The molecule has 3 aromatic carbocycles. The van der Waals surface area contributed by atoms with E-state index in [0.29, 0.717) is 17.8 Å². The van der Waals surface area contributed by atoms with Gasteiger partial charge in [-0.25, -0.2) is 0 Å². The number of Topliss-reactive ketones (excluding diaryl/α,β-unsaturated/α-hetero) is 1. The highest BCUT2D eigenvalue weighted by atomic mass is 16.6. The van der Waals surface area contributed by atoms with Gasteiger partial charge in [-0.3, -0.25) is 19.7 Å². The molecule has 0 unspecified atom stereocenters. The second-order valence-electron chi connectivity index (χ2n) is 7.41. The molecule has 0 aliphatic heterocycles. The summed E-state index contributed by atoms with van der Waals surface area (Å²) < 4.78 is 5.07. The molecule has 10 nitrogen and oxygen atoms in total. The number of hydrogen-bond donors (Lipinski definition) is 0. The average molecular weight is 471 g/mol. The molecule has 0 radical (unpaired) electrons.